The van der Waals surface area contributed by atoms with Crippen molar-refractivity contribution in [1.82, 2.24) is 5.32 Å². The van der Waals surface area contributed by atoms with Crippen molar-refractivity contribution in [3.8, 4) is 0 Å². The van der Waals surface area contributed by atoms with Crippen molar-refractivity contribution >= 4 is 5.69 Å². The van der Waals surface area contributed by atoms with Crippen LogP contribution < -0.4 is 5.32 Å². The Morgan fingerprint density at radius 2 is 1.86 bits per heavy atom. The van der Waals surface area contributed by atoms with Gasteiger partial charge in [-0.2, -0.15) is 0 Å². The zero-order valence-electron chi connectivity index (χ0n) is 11.3. The molecule has 2 rings (SSSR count). The number of nitrogens with zero attached hydrogens (tertiary/aromatic N) is 1. The number of benzene rings is 2. The highest BCUT2D eigenvalue weighted by atomic mass is 19.1. The summed E-state index contributed by atoms with van der Waals surface area (Å²) in [6.07, 6.45) is 0. The fourth-order valence-corrected chi connectivity index (χ4v) is 1.93. The molecular weight excluding hydrogens is 278 g/mol. The first kappa shape index (κ1) is 15.1. The van der Waals surface area contributed by atoms with Crippen LogP contribution in [0.1, 0.15) is 24.1 Å². The Balaban J connectivity index is 2.01. The highest BCUT2D eigenvalue weighted by molar-refractivity contribution is 5.34. The molecule has 6 heteroatoms. The molecule has 1 atom stereocenters. The number of halogens is 2. The molecule has 4 nitrogen and oxygen atoms in total. The normalized spacial score (nSPS) is 12.1. The van der Waals surface area contributed by atoms with Gasteiger partial charge in [0.1, 0.15) is 11.6 Å². The quantitative estimate of drug-likeness (QED) is 0.675. The molecule has 0 amide bonds. The van der Waals surface area contributed by atoms with Crippen LogP contribution in [0.2, 0.25) is 0 Å². The Kier molecular flexibility index (Phi) is 4.59. The Morgan fingerprint density at radius 3 is 2.43 bits per heavy atom. The van der Waals surface area contributed by atoms with E-state index in [4.69, 9.17) is 0 Å². The number of nitro groups is 1. The maximum Gasteiger partial charge on any atom is 0.269 e. The van der Waals surface area contributed by atoms with Gasteiger partial charge < -0.3 is 5.32 Å². The van der Waals surface area contributed by atoms with Gasteiger partial charge in [0.25, 0.3) is 5.69 Å². The van der Waals surface area contributed by atoms with E-state index in [1.165, 1.54) is 24.3 Å². The van der Waals surface area contributed by atoms with Crippen LogP contribution in [0.15, 0.2) is 42.5 Å². The maximum atomic E-state index is 13.5. The summed E-state index contributed by atoms with van der Waals surface area (Å²) in [6, 6.07) is 9.46. The van der Waals surface area contributed by atoms with E-state index in [1.807, 2.05) is 6.92 Å². The van der Waals surface area contributed by atoms with E-state index in [-0.39, 0.29) is 18.3 Å². The Morgan fingerprint density at radius 1 is 1.19 bits per heavy atom. The third-order valence-electron chi connectivity index (χ3n) is 3.22. The molecule has 0 aromatic heterocycles. The van der Waals surface area contributed by atoms with Crippen molar-refractivity contribution in [2.24, 2.45) is 0 Å². The highest BCUT2D eigenvalue weighted by Crippen LogP contribution is 2.18. The average Bonchev–Trinajstić information content (AvgIpc) is 2.46. The van der Waals surface area contributed by atoms with Crippen molar-refractivity contribution in [3.05, 3.63) is 75.3 Å². The highest BCUT2D eigenvalue weighted by Gasteiger charge is 2.10. The third kappa shape index (κ3) is 3.82. The van der Waals surface area contributed by atoms with Gasteiger partial charge in [-0.25, -0.2) is 8.78 Å². The topological polar surface area (TPSA) is 55.2 Å². The van der Waals surface area contributed by atoms with Gasteiger partial charge in [0.15, 0.2) is 0 Å². The average molecular weight is 292 g/mol. The summed E-state index contributed by atoms with van der Waals surface area (Å²) in [5, 5.41) is 13.7. The van der Waals surface area contributed by atoms with Crippen LogP contribution in [0.3, 0.4) is 0 Å². The fraction of sp³-hybridized carbons (Fsp3) is 0.200. The minimum absolute atomic E-state index is 0.0236. The summed E-state index contributed by atoms with van der Waals surface area (Å²) in [5.41, 5.74) is 1.24. The van der Waals surface area contributed by atoms with Crippen LogP contribution in [0.4, 0.5) is 14.5 Å². The SMILES string of the molecule is CC(NCc1ccc(F)cc1F)c1ccc([N+](=O)[O-])cc1. The van der Waals surface area contributed by atoms with Gasteiger partial charge in [0.2, 0.25) is 0 Å². The molecule has 0 aliphatic carbocycles. The van der Waals surface area contributed by atoms with Crippen molar-refractivity contribution in [2.45, 2.75) is 19.5 Å². The molecule has 0 aliphatic rings. The number of nitrogens with one attached hydrogen (secondary N) is 1. The second kappa shape index (κ2) is 6.41. The minimum Gasteiger partial charge on any atom is -0.306 e. The van der Waals surface area contributed by atoms with Crippen LogP contribution in [-0.2, 0) is 6.54 Å². The lowest BCUT2D eigenvalue weighted by atomic mass is 10.1. The molecule has 0 aliphatic heterocycles. The second-order valence-corrected chi connectivity index (χ2v) is 4.69. The molecule has 2 aromatic carbocycles. The van der Waals surface area contributed by atoms with E-state index in [0.29, 0.717) is 5.56 Å². The minimum atomic E-state index is -0.611. The number of hydrogen-bond acceptors (Lipinski definition) is 3. The predicted molar refractivity (Wildman–Crippen MR) is 74.7 cm³/mol. The molecule has 0 bridgehead atoms. The van der Waals surface area contributed by atoms with Crippen LogP contribution in [0, 0.1) is 21.7 Å². The summed E-state index contributed by atoms with van der Waals surface area (Å²) >= 11 is 0. The zero-order chi connectivity index (χ0) is 15.4. The van der Waals surface area contributed by atoms with Gasteiger partial charge in [0, 0.05) is 36.3 Å². The fourth-order valence-electron chi connectivity index (χ4n) is 1.93. The van der Waals surface area contributed by atoms with E-state index in [2.05, 4.69) is 5.32 Å². The van der Waals surface area contributed by atoms with Crippen molar-refractivity contribution in [2.75, 3.05) is 0 Å². The largest absolute Gasteiger partial charge is 0.306 e. The number of hydrogen-bond donors (Lipinski definition) is 1. The smallest absolute Gasteiger partial charge is 0.269 e. The van der Waals surface area contributed by atoms with E-state index in [0.717, 1.165) is 11.6 Å². The number of rotatable bonds is 5. The lowest BCUT2D eigenvalue weighted by molar-refractivity contribution is -0.384. The number of non-ortho nitro benzene ring substituents is 1. The molecule has 21 heavy (non-hydrogen) atoms. The molecule has 0 saturated carbocycles. The molecule has 2 aromatic rings. The monoisotopic (exact) mass is 292 g/mol. The van der Waals surface area contributed by atoms with E-state index in [9.17, 15) is 18.9 Å². The standard InChI is InChI=1S/C15H14F2N2O2/c1-10(11-3-6-14(7-4-11)19(20)21)18-9-12-2-5-13(16)8-15(12)17/h2-8,10,18H,9H2,1H3. The summed E-state index contributed by atoms with van der Waals surface area (Å²) < 4.78 is 26.3. The molecule has 1 unspecified atom stereocenters. The van der Waals surface area contributed by atoms with E-state index < -0.39 is 16.6 Å². The van der Waals surface area contributed by atoms with Crippen molar-refractivity contribution < 1.29 is 13.7 Å². The summed E-state index contributed by atoms with van der Waals surface area (Å²) in [4.78, 5) is 10.1. The van der Waals surface area contributed by atoms with Crippen LogP contribution in [0.25, 0.3) is 0 Å². The van der Waals surface area contributed by atoms with Gasteiger partial charge in [0.05, 0.1) is 4.92 Å². The first-order valence-electron chi connectivity index (χ1n) is 6.39. The molecule has 1 N–H and O–H groups in total. The Labute approximate surface area is 120 Å². The van der Waals surface area contributed by atoms with Crippen LogP contribution >= 0.6 is 0 Å². The van der Waals surface area contributed by atoms with Crippen molar-refractivity contribution in [1.29, 1.82) is 0 Å². The lowest BCUT2D eigenvalue weighted by Crippen LogP contribution is -2.18. The third-order valence-corrected chi connectivity index (χ3v) is 3.22. The first-order chi connectivity index (χ1) is 9.97. The van der Waals surface area contributed by atoms with Crippen LogP contribution in [0.5, 0.6) is 0 Å². The molecular formula is C15H14F2N2O2. The predicted octanol–water partition coefficient (Wildman–Crippen LogP) is 3.72. The lowest BCUT2D eigenvalue weighted by Gasteiger charge is -2.14. The van der Waals surface area contributed by atoms with Gasteiger partial charge in [-0.05, 0) is 18.6 Å². The molecule has 0 radical (unpaired) electrons. The van der Waals surface area contributed by atoms with Gasteiger partial charge in [-0.1, -0.05) is 18.2 Å². The molecule has 0 fully saturated rings. The second-order valence-electron chi connectivity index (χ2n) is 4.69. The zero-order valence-corrected chi connectivity index (χ0v) is 11.3. The van der Waals surface area contributed by atoms with E-state index >= 15 is 0 Å². The number of nitro benzene ring substituents is 1. The maximum absolute atomic E-state index is 13.5. The van der Waals surface area contributed by atoms with Gasteiger partial charge in [-0.15, -0.1) is 0 Å². The summed E-state index contributed by atoms with van der Waals surface area (Å²) in [5.74, 6) is -1.21. The molecule has 0 heterocycles. The van der Waals surface area contributed by atoms with Gasteiger partial charge in [-0.3, -0.25) is 10.1 Å². The summed E-state index contributed by atoms with van der Waals surface area (Å²) in [6.45, 7) is 2.10. The van der Waals surface area contributed by atoms with E-state index in [1.54, 1.807) is 12.1 Å². The summed E-state index contributed by atoms with van der Waals surface area (Å²) in [7, 11) is 0. The molecule has 0 saturated heterocycles. The van der Waals surface area contributed by atoms with Crippen molar-refractivity contribution in [3.63, 3.8) is 0 Å². The molecule has 110 valence electrons. The Hall–Kier alpha value is -2.34. The van der Waals surface area contributed by atoms with Gasteiger partial charge >= 0.3 is 0 Å². The first-order valence-corrected chi connectivity index (χ1v) is 6.39. The van der Waals surface area contributed by atoms with Crippen LogP contribution in [-0.4, -0.2) is 4.92 Å². The Bertz CT molecular complexity index is 645. The molecule has 0 spiro atoms.